The van der Waals surface area contributed by atoms with Crippen molar-refractivity contribution in [3.05, 3.63) is 23.9 Å². The second-order valence-electron chi connectivity index (χ2n) is 3.22. The molecule has 3 nitrogen and oxygen atoms in total. The molecule has 6 heteroatoms. The number of nitrogens with one attached hydrogen (secondary N) is 2. The van der Waals surface area contributed by atoms with Gasteiger partial charge in [-0.3, -0.25) is 5.32 Å². The molecule has 1 aromatic heterocycles. The first-order valence-electron chi connectivity index (χ1n) is 4.40. The third kappa shape index (κ3) is 3.75. The largest absolute Gasteiger partial charge is 0.419 e. The molecule has 0 fully saturated rings. The van der Waals surface area contributed by atoms with Gasteiger partial charge in [0.1, 0.15) is 12.7 Å². The smallest absolute Gasteiger partial charge is 0.389 e. The Bertz CT molecular complexity index is 308. The highest BCUT2D eigenvalue weighted by atomic mass is 19.4. The highest BCUT2D eigenvalue weighted by Crippen LogP contribution is 2.27. The summed E-state index contributed by atoms with van der Waals surface area (Å²) in [6.45, 7) is 1.86. The number of aliphatic hydroxyl groups is 1. The van der Waals surface area contributed by atoms with Gasteiger partial charge in [0.2, 0.25) is 0 Å². The molecule has 0 bridgehead atoms. The zero-order valence-corrected chi connectivity index (χ0v) is 8.10. The van der Waals surface area contributed by atoms with E-state index in [2.05, 4.69) is 10.3 Å². The van der Waals surface area contributed by atoms with Crippen molar-refractivity contribution >= 4 is 5.82 Å². The molecule has 1 heterocycles. The van der Waals surface area contributed by atoms with E-state index in [0.717, 1.165) is 12.3 Å². The number of anilines is 1. The number of H-pyrrole nitrogens is 1. The molecule has 1 atom stereocenters. The number of alkyl halides is 3. The molecule has 3 N–H and O–H groups in total. The molecule has 0 saturated carbocycles. The van der Waals surface area contributed by atoms with Crippen molar-refractivity contribution in [3.8, 4) is 0 Å². The van der Waals surface area contributed by atoms with Gasteiger partial charge in [0, 0.05) is 6.07 Å². The Morgan fingerprint density at radius 3 is 2.53 bits per heavy atom. The second kappa shape index (κ2) is 4.48. The Balaban J connectivity index is 2.65. The Morgan fingerprint density at radius 2 is 2.13 bits per heavy atom. The van der Waals surface area contributed by atoms with E-state index in [0.29, 0.717) is 5.82 Å². The minimum absolute atomic E-state index is 0.280. The van der Waals surface area contributed by atoms with Crippen LogP contribution < -0.4 is 10.3 Å². The van der Waals surface area contributed by atoms with Crippen LogP contribution in [0, 0.1) is 0 Å². The predicted molar refractivity (Wildman–Crippen MR) is 48.2 cm³/mol. The van der Waals surface area contributed by atoms with Crippen LogP contribution in [0.5, 0.6) is 0 Å². The first-order valence-corrected chi connectivity index (χ1v) is 4.40. The molecule has 0 aromatic carbocycles. The number of aromatic nitrogens is 1. The summed E-state index contributed by atoms with van der Waals surface area (Å²) in [5, 5.41) is 11.7. The predicted octanol–water partition coefficient (Wildman–Crippen LogP) is 1.31. The van der Waals surface area contributed by atoms with Crippen molar-refractivity contribution < 1.29 is 23.3 Å². The average Bonchev–Trinajstić information content (AvgIpc) is 2.14. The van der Waals surface area contributed by atoms with Crippen LogP contribution in [0.15, 0.2) is 18.3 Å². The van der Waals surface area contributed by atoms with Crippen molar-refractivity contribution in [1.82, 2.24) is 0 Å². The summed E-state index contributed by atoms with van der Waals surface area (Å²) in [5.41, 5.74) is -0.731. The number of hydrogen-bond acceptors (Lipinski definition) is 2. The van der Waals surface area contributed by atoms with E-state index in [-0.39, 0.29) is 6.54 Å². The van der Waals surface area contributed by atoms with Crippen LogP contribution in [-0.4, -0.2) is 17.8 Å². The summed E-state index contributed by atoms with van der Waals surface area (Å²) in [7, 11) is 0. The molecule has 0 amide bonds. The van der Waals surface area contributed by atoms with Gasteiger partial charge in [-0.15, -0.1) is 0 Å². The van der Waals surface area contributed by atoms with Gasteiger partial charge in [-0.05, 0) is 13.0 Å². The zero-order valence-electron chi connectivity index (χ0n) is 8.10. The number of halogens is 3. The van der Waals surface area contributed by atoms with Crippen LogP contribution in [0.25, 0.3) is 0 Å². The van der Waals surface area contributed by atoms with Crippen LogP contribution in [0.1, 0.15) is 12.5 Å². The number of aliphatic hydroxyl groups excluding tert-OH is 1. The quantitative estimate of drug-likeness (QED) is 0.808. The van der Waals surface area contributed by atoms with E-state index in [1.54, 1.807) is 6.92 Å². The molecular formula is C9H12F3N2O+. The van der Waals surface area contributed by atoms with E-state index in [9.17, 15) is 13.2 Å². The fourth-order valence-corrected chi connectivity index (χ4v) is 0.969. The van der Waals surface area contributed by atoms with Gasteiger partial charge in [-0.1, -0.05) is 0 Å². The maximum atomic E-state index is 12.2. The van der Waals surface area contributed by atoms with E-state index in [4.69, 9.17) is 5.11 Å². The topological polar surface area (TPSA) is 46.4 Å². The first kappa shape index (κ1) is 11.8. The maximum Gasteiger partial charge on any atom is 0.419 e. The Kier molecular flexibility index (Phi) is 3.52. The van der Waals surface area contributed by atoms with E-state index >= 15 is 0 Å². The summed E-state index contributed by atoms with van der Waals surface area (Å²) < 4.78 is 36.5. The monoisotopic (exact) mass is 221 g/mol. The summed E-state index contributed by atoms with van der Waals surface area (Å²) >= 11 is 0. The molecule has 1 rings (SSSR count). The molecule has 0 spiro atoms. The van der Waals surface area contributed by atoms with Crippen LogP contribution >= 0.6 is 0 Å². The molecular weight excluding hydrogens is 209 g/mol. The minimum Gasteiger partial charge on any atom is -0.389 e. The minimum atomic E-state index is -4.33. The molecule has 84 valence electrons. The molecule has 0 unspecified atom stereocenters. The van der Waals surface area contributed by atoms with Gasteiger partial charge in [0.15, 0.2) is 0 Å². The Morgan fingerprint density at radius 1 is 1.47 bits per heavy atom. The van der Waals surface area contributed by atoms with Crippen molar-refractivity contribution in [2.75, 3.05) is 11.9 Å². The van der Waals surface area contributed by atoms with Gasteiger partial charge < -0.3 is 5.11 Å². The van der Waals surface area contributed by atoms with Gasteiger partial charge in [-0.2, -0.15) is 13.2 Å². The standard InChI is InChI=1S/C9H11F3N2O/c1-6(15)4-13-8-3-2-7(5-14-8)9(10,11)12/h2-3,5-6,15H,4H2,1H3,(H,13,14)/p+1/t6-/m0/s1. The maximum absolute atomic E-state index is 12.2. The Labute approximate surface area is 85.0 Å². The van der Waals surface area contributed by atoms with E-state index in [1.807, 2.05) is 0 Å². The van der Waals surface area contributed by atoms with Crippen LogP contribution in [0.3, 0.4) is 0 Å². The van der Waals surface area contributed by atoms with Gasteiger partial charge in [0.05, 0.1) is 11.7 Å². The van der Waals surface area contributed by atoms with Crippen molar-refractivity contribution in [2.24, 2.45) is 0 Å². The normalized spacial score (nSPS) is 13.7. The molecule has 0 saturated heterocycles. The number of pyridine rings is 1. The average molecular weight is 221 g/mol. The first-order chi connectivity index (χ1) is 6.89. The lowest BCUT2D eigenvalue weighted by atomic mass is 10.3. The molecule has 1 aromatic rings. The third-order valence-electron chi connectivity index (χ3n) is 1.73. The molecule has 15 heavy (non-hydrogen) atoms. The van der Waals surface area contributed by atoms with E-state index in [1.165, 1.54) is 6.07 Å². The van der Waals surface area contributed by atoms with Crippen molar-refractivity contribution in [3.63, 3.8) is 0 Å². The van der Waals surface area contributed by atoms with Crippen molar-refractivity contribution in [1.29, 1.82) is 0 Å². The lowest BCUT2D eigenvalue weighted by Crippen LogP contribution is -2.21. The summed E-state index contributed by atoms with van der Waals surface area (Å²) in [5.74, 6) is 0.434. The van der Waals surface area contributed by atoms with Gasteiger partial charge in [-0.25, -0.2) is 4.98 Å². The summed E-state index contributed by atoms with van der Waals surface area (Å²) in [4.78, 5) is 2.46. The fraction of sp³-hybridized carbons (Fsp3) is 0.444. The molecule has 0 radical (unpaired) electrons. The molecule has 0 aliphatic carbocycles. The lowest BCUT2D eigenvalue weighted by Gasteiger charge is -2.05. The van der Waals surface area contributed by atoms with Crippen LogP contribution in [0.2, 0.25) is 0 Å². The lowest BCUT2D eigenvalue weighted by molar-refractivity contribution is -0.364. The third-order valence-corrected chi connectivity index (χ3v) is 1.73. The Hall–Kier alpha value is -1.30. The molecule has 0 aliphatic rings. The number of aromatic amines is 1. The van der Waals surface area contributed by atoms with Crippen LogP contribution in [-0.2, 0) is 6.18 Å². The highest BCUT2D eigenvalue weighted by Gasteiger charge is 2.31. The highest BCUT2D eigenvalue weighted by molar-refractivity contribution is 5.29. The molecule has 0 aliphatic heterocycles. The summed E-state index contributed by atoms with van der Waals surface area (Å²) in [6.07, 6.45) is -4.01. The van der Waals surface area contributed by atoms with Crippen LogP contribution in [0.4, 0.5) is 19.0 Å². The zero-order chi connectivity index (χ0) is 11.5. The van der Waals surface area contributed by atoms with Gasteiger partial charge in [0.25, 0.3) is 5.82 Å². The van der Waals surface area contributed by atoms with Gasteiger partial charge >= 0.3 is 6.18 Å². The second-order valence-corrected chi connectivity index (χ2v) is 3.22. The summed E-state index contributed by atoms with van der Waals surface area (Å²) in [6, 6.07) is 2.26. The van der Waals surface area contributed by atoms with E-state index < -0.39 is 17.8 Å². The SMILES string of the molecule is C[C@H](O)CNc1ccc(C(F)(F)F)c[nH+]1. The number of hydrogen-bond donors (Lipinski definition) is 2. The van der Waals surface area contributed by atoms with Crippen molar-refractivity contribution in [2.45, 2.75) is 19.2 Å². The fourth-order valence-electron chi connectivity index (χ4n) is 0.969. The number of rotatable bonds is 3.